The molecule has 2 unspecified atom stereocenters. The Morgan fingerprint density at radius 3 is 2.81 bits per heavy atom. The molecule has 0 aromatic heterocycles. The lowest BCUT2D eigenvalue weighted by atomic mass is 9.93. The first-order valence-corrected chi connectivity index (χ1v) is 5.70. The van der Waals surface area contributed by atoms with Gasteiger partial charge in [-0.3, -0.25) is 4.79 Å². The fourth-order valence-corrected chi connectivity index (χ4v) is 1.94. The predicted octanol–water partition coefficient (Wildman–Crippen LogP) is 1.49. The number of nitrogens with one attached hydrogen (secondary N) is 1. The highest BCUT2D eigenvalue weighted by Crippen LogP contribution is 2.15. The van der Waals surface area contributed by atoms with E-state index in [1.54, 1.807) is 0 Å². The zero-order chi connectivity index (χ0) is 11.4. The summed E-state index contributed by atoms with van der Waals surface area (Å²) in [5, 5.41) is 3.24. The van der Waals surface area contributed by atoms with Crippen molar-refractivity contribution in [3.8, 4) is 0 Å². The molecule has 1 aromatic carbocycles. The molecule has 86 valence electrons. The number of ketones is 1. The van der Waals surface area contributed by atoms with Crippen LogP contribution in [0.3, 0.4) is 0 Å². The summed E-state index contributed by atoms with van der Waals surface area (Å²) in [4.78, 5) is 12.1. The molecule has 3 nitrogen and oxygen atoms in total. The van der Waals surface area contributed by atoms with Crippen molar-refractivity contribution in [2.24, 2.45) is 5.92 Å². The molecule has 0 amide bonds. The van der Waals surface area contributed by atoms with Crippen molar-refractivity contribution in [3.63, 3.8) is 0 Å². The Labute approximate surface area is 95.8 Å². The van der Waals surface area contributed by atoms with Gasteiger partial charge in [-0.25, -0.2) is 0 Å². The van der Waals surface area contributed by atoms with Crippen molar-refractivity contribution in [1.29, 1.82) is 0 Å². The molecule has 3 heteroatoms. The van der Waals surface area contributed by atoms with Gasteiger partial charge in [0.2, 0.25) is 0 Å². The van der Waals surface area contributed by atoms with Crippen molar-refractivity contribution in [3.05, 3.63) is 35.9 Å². The normalized spacial score (nSPS) is 22.7. The van der Waals surface area contributed by atoms with Crippen LogP contribution in [-0.2, 0) is 4.74 Å². The van der Waals surface area contributed by atoms with E-state index in [0.717, 1.165) is 18.7 Å². The van der Waals surface area contributed by atoms with E-state index in [1.165, 1.54) is 0 Å². The van der Waals surface area contributed by atoms with E-state index in [0.29, 0.717) is 6.61 Å². The second kappa shape index (κ2) is 5.23. The van der Waals surface area contributed by atoms with Crippen molar-refractivity contribution >= 4 is 5.78 Å². The lowest BCUT2D eigenvalue weighted by Gasteiger charge is -2.27. The molecule has 0 spiro atoms. The second-order valence-electron chi connectivity index (χ2n) is 4.13. The van der Waals surface area contributed by atoms with Crippen LogP contribution in [0.15, 0.2) is 30.3 Å². The highest BCUT2D eigenvalue weighted by molar-refractivity contribution is 5.97. The molecule has 1 heterocycles. The van der Waals surface area contributed by atoms with Gasteiger partial charge in [0, 0.05) is 24.6 Å². The summed E-state index contributed by atoms with van der Waals surface area (Å²) in [6.07, 6.45) is 0.00135. The van der Waals surface area contributed by atoms with Crippen LogP contribution in [0.2, 0.25) is 0 Å². The second-order valence-corrected chi connectivity index (χ2v) is 4.13. The SMILES string of the molecule is CC(C(=O)c1ccccc1)C1CNCCO1. The fourth-order valence-electron chi connectivity index (χ4n) is 1.94. The molecule has 0 saturated carbocycles. The van der Waals surface area contributed by atoms with Crippen LogP contribution in [0.4, 0.5) is 0 Å². The number of benzene rings is 1. The number of hydrogen-bond acceptors (Lipinski definition) is 3. The van der Waals surface area contributed by atoms with Crippen LogP contribution >= 0.6 is 0 Å². The van der Waals surface area contributed by atoms with Gasteiger partial charge >= 0.3 is 0 Å². The summed E-state index contributed by atoms with van der Waals surface area (Å²) in [5.41, 5.74) is 0.768. The summed E-state index contributed by atoms with van der Waals surface area (Å²) in [6, 6.07) is 9.41. The molecule has 2 rings (SSSR count). The fraction of sp³-hybridized carbons (Fsp3) is 0.462. The monoisotopic (exact) mass is 219 g/mol. The molecule has 0 aliphatic carbocycles. The number of ether oxygens (including phenoxy) is 1. The van der Waals surface area contributed by atoms with Gasteiger partial charge in [0.05, 0.1) is 12.7 Å². The van der Waals surface area contributed by atoms with Gasteiger partial charge in [0.25, 0.3) is 0 Å². The first-order valence-electron chi connectivity index (χ1n) is 5.70. The molecule has 1 aliphatic heterocycles. The molecule has 16 heavy (non-hydrogen) atoms. The lowest BCUT2D eigenvalue weighted by molar-refractivity contribution is -0.000137. The van der Waals surface area contributed by atoms with Gasteiger partial charge in [-0.1, -0.05) is 37.3 Å². The topological polar surface area (TPSA) is 38.3 Å². The van der Waals surface area contributed by atoms with E-state index in [9.17, 15) is 4.79 Å². The molecular formula is C13H17NO2. The molecule has 1 saturated heterocycles. The molecular weight excluding hydrogens is 202 g/mol. The molecule has 1 aromatic rings. The summed E-state index contributed by atoms with van der Waals surface area (Å²) < 4.78 is 5.60. The zero-order valence-corrected chi connectivity index (χ0v) is 9.48. The van der Waals surface area contributed by atoms with Crippen LogP contribution in [0.25, 0.3) is 0 Å². The van der Waals surface area contributed by atoms with Gasteiger partial charge in [-0.2, -0.15) is 0 Å². The highest BCUT2D eigenvalue weighted by Gasteiger charge is 2.26. The van der Waals surface area contributed by atoms with Crippen LogP contribution < -0.4 is 5.32 Å². The Morgan fingerprint density at radius 1 is 1.44 bits per heavy atom. The smallest absolute Gasteiger partial charge is 0.168 e. The Bertz CT molecular complexity index is 344. The Kier molecular flexibility index (Phi) is 3.70. The maximum absolute atomic E-state index is 12.1. The van der Waals surface area contributed by atoms with Gasteiger partial charge < -0.3 is 10.1 Å². The average Bonchev–Trinajstić information content (AvgIpc) is 2.39. The minimum absolute atomic E-state index is 0.00135. The minimum atomic E-state index is -0.0878. The number of rotatable bonds is 3. The van der Waals surface area contributed by atoms with Crippen molar-refractivity contribution in [2.75, 3.05) is 19.7 Å². The predicted molar refractivity (Wildman–Crippen MR) is 62.5 cm³/mol. The first kappa shape index (κ1) is 11.3. The number of hydrogen-bond donors (Lipinski definition) is 1. The molecule has 1 aliphatic rings. The number of carbonyl (C=O) groups excluding carboxylic acids is 1. The van der Waals surface area contributed by atoms with E-state index in [1.807, 2.05) is 37.3 Å². The highest BCUT2D eigenvalue weighted by atomic mass is 16.5. The quantitative estimate of drug-likeness (QED) is 0.783. The molecule has 1 N–H and O–H groups in total. The summed E-state index contributed by atoms with van der Waals surface area (Å²) >= 11 is 0. The Balaban J connectivity index is 2.04. The van der Waals surface area contributed by atoms with Gasteiger partial charge in [0.15, 0.2) is 5.78 Å². The summed E-state index contributed by atoms with van der Waals surface area (Å²) in [7, 11) is 0. The molecule has 0 bridgehead atoms. The third-order valence-corrected chi connectivity index (χ3v) is 2.99. The van der Waals surface area contributed by atoms with E-state index >= 15 is 0 Å². The summed E-state index contributed by atoms with van der Waals surface area (Å²) in [6.45, 7) is 4.27. The molecule has 1 fully saturated rings. The first-order chi connectivity index (χ1) is 7.79. The van der Waals surface area contributed by atoms with Crippen molar-refractivity contribution in [1.82, 2.24) is 5.32 Å². The Morgan fingerprint density at radius 2 is 2.19 bits per heavy atom. The number of morpholine rings is 1. The van der Waals surface area contributed by atoms with Gasteiger partial charge in [-0.15, -0.1) is 0 Å². The van der Waals surface area contributed by atoms with E-state index in [-0.39, 0.29) is 17.8 Å². The van der Waals surface area contributed by atoms with Crippen molar-refractivity contribution in [2.45, 2.75) is 13.0 Å². The maximum Gasteiger partial charge on any atom is 0.168 e. The standard InChI is InChI=1S/C13H17NO2/c1-10(12-9-14-7-8-16-12)13(15)11-5-3-2-4-6-11/h2-6,10,12,14H,7-9H2,1H3. The Hall–Kier alpha value is -1.19. The van der Waals surface area contributed by atoms with E-state index in [4.69, 9.17) is 4.74 Å². The number of carbonyl (C=O) groups is 1. The van der Waals surface area contributed by atoms with Crippen LogP contribution in [0.1, 0.15) is 17.3 Å². The molecule has 0 radical (unpaired) electrons. The van der Waals surface area contributed by atoms with E-state index < -0.39 is 0 Å². The third kappa shape index (κ3) is 2.49. The third-order valence-electron chi connectivity index (χ3n) is 2.99. The largest absolute Gasteiger partial charge is 0.375 e. The van der Waals surface area contributed by atoms with Crippen LogP contribution in [-0.4, -0.2) is 31.6 Å². The van der Waals surface area contributed by atoms with Crippen LogP contribution in [0.5, 0.6) is 0 Å². The van der Waals surface area contributed by atoms with Crippen molar-refractivity contribution < 1.29 is 9.53 Å². The van der Waals surface area contributed by atoms with Gasteiger partial charge in [0.1, 0.15) is 0 Å². The van der Waals surface area contributed by atoms with Gasteiger partial charge in [-0.05, 0) is 0 Å². The maximum atomic E-state index is 12.1. The van der Waals surface area contributed by atoms with Crippen LogP contribution in [0, 0.1) is 5.92 Å². The average molecular weight is 219 g/mol. The number of Topliss-reactive ketones (excluding diaryl/α,β-unsaturated/α-hetero) is 1. The van der Waals surface area contributed by atoms with E-state index in [2.05, 4.69) is 5.32 Å². The minimum Gasteiger partial charge on any atom is -0.375 e. The summed E-state index contributed by atoms with van der Waals surface area (Å²) in [5.74, 6) is 0.0736. The molecule has 2 atom stereocenters. The lowest BCUT2D eigenvalue weighted by Crippen LogP contribution is -2.44. The zero-order valence-electron chi connectivity index (χ0n) is 9.48.